The Hall–Kier alpha value is -3.03. The monoisotopic (exact) mass is 418 g/mol. The van der Waals surface area contributed by atoms with E-state index in [9.17, 15) is 14.4 Å². The van der Waals surface area contributed by atoms with Crippen molar-refractivity contribution < 1.29 is 28.6 Å². The standard InChI is InChI=1S/C22H30N2O6/c1-12(2)29-20(25)17-14(5)23-15(6)18(21(26)30-13(3)4)19(17)16-8-10-24(11-9-16)22(27)28-7/h8-10,12-13,19,23H,11H2,1-7H3. The van der Waals surface area contributed by atoms with Crippen LogP contribution in [0.2, 0.25) is 0 Å². The van der Waals surface area contributed by atoms with E-state index < -0.39 is 23.9 Å². The van der Waals surface area contributed by atoms with Crippen LogP contribution in [0, 0.1) is 5.92 Å². The first-order valence-electron chi connectivity index (χ1n) is 9.90. The van der Waals surface area contributed by atoms with E-state index in [4.69, 9.17) is 14.2 Å². The van der Waals surface area contributed by atoms with Gasteiger partial charge in [-0.15, -0.1) is 0 Å². The zero-order chi connectivity index (χ0) is 22.6. The summed E-state index contributed by atoms with van der Waals surface area (Å²) in [6.07, 6.45) is 3.93. The van der Waals surface area contributed by atoms with Crippen molar-refractivity contribution in [1.82, 2.24) is 10.2 Å². The van der Waals surface area contributed by atoms with Crippen molar-refractivity contribution >= 4 is 18.0 Å². The number of nitrogens with zero attached hydrogens (tertiary/aromatic N) is 1. The van der Waals surface area contributed by atoms with E-state index in [1.807, 2.05) is 0 Å². The summed E-state index contributed by atoms with van der Waals surface area (Å²) in [7, 11) is 1.31. The molecule has 0 saturated heterocycles. The van der Waals surface area contributed by atoms with Crippen LogP contribution in [-0.2, 0) is 23.8 Å². The Morgan fingerprint density at radius 1 is 1.00 bits per heavy atom. The van der Waals surface area contributed by atoms with Crippen molar-refractivity contribution in [2.75, 3.05) is 13.7 Å². The van der Waals surface area contributed by atoms with Gasteiger partial charge in [-0.1, -0.05) is 6.08 Å². The molecule has 0 aromatic rings. The SMILES string of the molecule is COC(=O)N1C=CC(C2C(C(=O)OC(C)C)=C(C)NC(C)=C2C(=O)OC(C)C)=CC1. The lowest BCUT2D eigenvalue weighted by Gasteiger charge is -2.33. The Balaban J connectivity index is 2.52. The van der Waals surface area contributed by atoms with Crippen LogP contribution in [0.25, 0.3) is 0 Å². The minimum atomic E-state index is -0.681. The zero-order valence-corrected chi connectivity index (χ0v) is 18.6. The topological polar surface area (TPSA) is 94.2 Å². The van der Waals surface area contributed by atoms with Crippen molar-refractivity contribution in [3.05, 3.63) is 46.5 Å². The van der Waals surface area contributed by atoms with Crippen molar-refractivity contribution in [3.8, 4) is 0 Å². The van der Waals surface area contributed by atoms with Gasteiger partial charge in [-0.05, 0) is 53.2 Å². The molecule has 2 heterocycles. The quantitative estimate of drug-likeness (QED) is 0.541. The molecule has 2 aliphatic rings. The highest BCUT2D eigenvalue weighted by molar-refractivity contribution is 5.99. The molecule has 0 unspecified atom stereocenters. The van der Waals surface area contributed by atoms with Crippen LogP contribution in [0.5, 0.6) is 0 Å². The van der Waals surface area contributed by atoms with E-state index in [2.05, 4.69) is 5.32 Å². The number of hydrogen-bond acceptors (Lipinski definition) is 7. The molecule has 1 amide bonds. The number of rotatable bonds is 5. The number of carbonyl (C=O) groups excluding carboxylic acids is 3. The van der Waals surface area contributed by atoms with Crippen LogP contribution >= 0.6 is 0 Å². The predicted octanol–water partition coefficient (Wildman–Crippen LogP) is 3.18. The number of amides is 1. The van der Waals surface area contributed by atoms with Gasteiger partial charge in [-0.3, -0.25) is 4.90 Å². The fraction of sp³-hybridized carbons (Fsp3) is 0.500. The lowest BCUT2D eigenvalue weighted by Crippen LogP contribution is -2.36. The summed E-state index contributed by atoms with van der Waals surface area (Å²) >= 11 is 0. The largest absolute Gasteiger partial charge is 0.460 e. The van der Waals surface area contributed by atoms with E-state index in [0.29, 0.717) is 28.1 Å². The number of carbonyl (C=O) groups is 3. The second-order valence-corrected chi connectivity index (χ2v) is 7.69. The van der Waals surface area contributed by atoms with Gasteiger partial charge in [0.25, 0.3) is 0 Å². The predicted molar refractivity (Wildman–Crippen MR) is 111 cm³/mol. The van der Waals surface area contributed by atoms with Gasteiger partial charge in [0.05, 0.1) is 36.4 Å². The average molecular weight is 418 g/mol. The Morgan fingerprint density at radius 2 is 1.50 bits per heavy atom. The van der Waals surface area contributed by atoms with Gasteiger partial charge in [0.15, 0.2) is 0 Å². The van der Waals surface area contributed by atoms with Gasteiger partial charge >= 0.3 is 18.0 Å². The number of ether oxygens (including phenoxy) is 3. The summed E-state index contributed by atoms with van der Waals surface area (Å²) in [5, 5.41) is 3.11. The highest BCUT2D eigenvalue weighted by atomic mass is 16.5. The molecule has 2 rings (SSSR count). The van der Waals surface area contributed by atoms with Gasteiger partial charge in [0.2, 0.25) is 0 Å². The van der Waals surface area contributed by atoms with E-state index in [-0.39, 0.29) is 18.8 Å². The zero-order valence-electron chi connectivity index (χ0n) is 18.6. The van der Waals surface area contributed by atoms with Crippen molar-refractivity contribution in [1.29, 1.82) is 0 Å². The number of dihydropyridines is 1. The Bertz CT molecular complexity index is 804. The fourth-order valence-electron chi connectivity index (χ4n) is 3.40. The first kappa shape index (κ1) is 23.3. The minimum Gasteiger partial charge on any atom is -0.460 e. The summed E-state index contributed by atoms with van der Waals surface area (Å²) < 4.78 is 15.7. The maximum absolute atomic E-state index is 13.0. The van der Waals surface area contributed by atoms with Gasteiger partial charge in [-0.25, -0.2) is 14.4 Å². The molecule has 1 N–H and O–H groups in total. The molecular weight excluding hydrogens is 388 g/mol. The third-order valence-corrected chi connectivity index (χ3v) is 4.60. The summed E-state index contributed by atoms with van der Waals surface area (Å²) in [5.41, 5.74) is 2.59. The number of allylic oxidation sites excluding steroid dienone is 4. The van der Waals surface area contributed by atoms with Crippen LogP contribution in [0.15, 0.2) is 46.5 Å². The molecule has 30 heavy (non-hydrogen) atoms. The minimum absolute atomic E-state index is 0.250. The Labute approximate surface area is 177 Å². The summed E-state index contributed by atoms with van der Waals surface area (Å²) in [6.45, 7) is 10.9. The maximum atomic E-state index is 13.0. The third-order valence-electron chi connectivity index (χ3n) is 4.60. The molecule has 0 spiro atoms. The number of nitrogens with one attached hydrogen (secondary N) is 1. The summed E-state index contributed by atoms with van der Waals surface area (Å²) in [4.78, 5) is 39.1. The van der Waals surface area contributed by atoms with E-state index in [1.54, 1.807) is 59.9 Å². The Morgan fingerprint density at radius 3 is 1.87 bits per heavy atom. The van der Waals surface area contributed by atoms with Gasteiger partial charge < -0.3 is 19.5 Å². The smallest absolute Gasteiger partial charge is 0.413 e. The third kappa shape index (κ3) is 5.11. The average Bonchev–Trinajstić information content (AvgIpc) is 2.65. The second-order valence-electron chi connectivity index (χ2n) is 7.69. The van der Waals surface area contributed by atoms with Crippen LogP contribution in [0.1, 0.15) is 41.5 Å². The number of methoxy groups -OCH3 is 1. The van der Waals surface area contributed by atoms with E-state index in [0.717, 1.165) is 0 Å². The van der Waals surface area contributed by atoms with Crippen LogP contribution in [0.3, 0.4) is 0 Å². The molecule has 0 bridgehead atoms. The number of hydrogen-bond donors (Lipinski definition) is 1. The summed E-state index contributed by atoms with van der Waals surface area (Å²) in [6, 6.07) is 0. The highest BCUT2D eigenvalue weighted by Gasteiger charge is 2.39. The Kier molecular flexibility index (Phi) is 7.48. The van der Waals surface area contributed by atoms with Crippen LogP contribution < -0.4 is 5.32 Å². The van der Waals surface area contributed by atoms with Crippen LogP contribution in [0.4, 0.5) is 4.79 Å². The lowest BCUT2D eigenvalue weighted by molar-refractivity contribution is -0.144. The molecule has 0 aromatic heterocycles. The molecule has 164 valence electrons. The lowest BCUT2D eigenvalue weighted by atomic mass is 9.79. The van der Waals surface area contributed by atoms with Gasteiger partial charge in [0.1, 0.15) is 0 Å². The molecule has 2 aliphatic heterocycles. The fourth-order valence-corrected chi connectivity index (χ4v) is 3.40. The van der Waals surface area contributed by atoms with Crippen LogP contribution in [-0.4, -0.2) is 48.8 Å². The first-order valence-corrected chi connectivity index (χ1v) is 9.90. The van der Waals surface area contributed by atoms with Crippen molar-refractivity contribution in [3.63, 3.8) is 0 Å². The maximum Gasteiger partial charge on any atom is 0.413 e. The van der Waals surface area contributed by atoms with Crippen molar-refractivity contribution in [2.45, 2.75) is 53.8 Å². The van der Waals surface area contributed by atoms with Gasteiger partial charge in [0, 0.05) is 24.1 Å². The molecule has 0 saturated carbocycles. The molecule has 0 fully saturated rings. The van der Waals surface area contributed by atoms with Gasteiger partial charge in [-0.2, -0.15) is 0 Å². The number of esters is 2. The molecule has 0 aliphatic carbocycles. The first-order chi connectivity index (χ1) is 14.1. The highest BCUT2D eigenvalue weighted by Crippen LogP contribution is 2.38. The molecule has 0 radical (unpaired) electrons. The normalized spacial score (nSPS) is 17.2. The van der Waals surface area contributed by atoms with E-state index in [1.165, 1.54) is 12.0 Å². The van der Waals surface area contributed by atoms with Crippen molar-refractivity contribution in [2.24, 2.45) is 5.92 Å². The molecule has 0 aromatic carbocycles. The molecule has 8 heteroatoms. The molecular formula is C22H30N2O6. The molecule has 8 nitrogen and oxygen atoms in total. The molecule has 0 atom stereocenters. The second kappa shape index (κ2) is 9.65. The summed E-state index contributed by atoms with van der Waals surface area (Å²) in [5.74, 6) is -1.70. The van der Waals surface area contributed by atoms with E-state index >= 15 is 0 Å².